The number of carboxylic acids is 1. The number of nitrogens with one attached hydrogen (secondary N) is 1. The van der Waals surface area contributed by atoms with Gasteiger partial charge in [-0.2, -0.15) is 0 Å². The number of hydrogen-bond donors (Lipinski definition) is 2. The number of carbonyl (C=O) groups excluding carboxylic acids is 2. The lowest BCUT2D eigenvalue weighted by Gasteiger charge is -2.28. The van der Waals surface area contributed by atoms with Crippen LogP contribution in [0.1, 0.15) is 48.8 Å². The Bertz CT molecular complexity index is 1240. The first-order valence-corrected chi connectivity index (χ1v) is 13.9. The Balaban J connectivity index is 1.49. The van der Waals surface area contributed by atoms with Crippen molar-refractivity contribution in [3.8, 4) is 0 Å². The number of nitrogens with zero attached hydrogens (tertiary/aromatic N) is 1. The van der Waals surface area contributed by atoms with Crippen molar-refractivity contribution in [1.82, 2.24) is 5.32 Å². The Morgan fingerprint density at radius 3 is 2.03 bits per heavy atom. The summed E-state index contributed by atoms with van der Waals surface area (Å²) in [7, 11) is 0. The Hall–Kier alpha value is -3.93. The third kappa shape index (κ3) is 7.79. The Morgan fingerprint density at radius 2 is 1.41 bits per heavy atom. The maximum atomic E-state index is 13.7. The molecule has 1 fully saturated rings. The topological polar surface area (TPSA) is 86.7 Å². The standard InChI is InChI=1S/C33H38N2O4/c1-24-12-8-9-18-30(24)35-21-11-10-17-29(32(35)37)34-31(36)27(22-25-13-4-2-5-14-25)19-20-28(33(38)39)23-26-15-6-3-7-16-26/h2-9,12-16,18,27-29H,10-11,17,19-23H2,1H3,(H,34,36)(H,38,39). The predicted octanol–water partition coefficient (Wildman–Crippen LogP) is 5.58. The first-order chi connectivity index (χ1) is 18.9. The van der Waals surface area contributed by atoms with Gasteiger partial charge in [-0.3, -0.25) is 14.4 Å². The molecular weight excluding hydrogens is 488 g/mol. The van der Waals surface area contributed by atoms with Gasteiger partial charge in [0.1, 0.15) is 6.04 Å². The summed E-state index contributed by atoms with van der Waals surface area (Å²) >= 11 is 0. The van der Waals surface area contributed by atoms with Gasteiger partial charge in [-0.05, 0) is 74.6 Å². The zero-order valence-electron chi connectivity index (χ0n) is 22.6. The first kappa shape index (κ1) is 28.1. The molecule has 6 nitrogen and oxygen atoms in total. The van der Waals surface area contributed by atoms with Crippen LogP contribution in [0.15, 0.2) is 84.9 Å². The smallest absolute Gasteiger partial charge is 0.306 e. The maximum Gasteiger partial charge on any atom is 0.306 e. The third-order valence-corrected chi connectivity index (χ3v) is 7.64. The van der Waals surface area contributed by atoms with Crippen LogP contribution < -0.4 is 10.2 Å². The largest absolute Gasteiger partial charge is 0.481 e. The maximum absolute atomic E-state index is 13.7. The summed E-state index contributed by atoms with van der Waals surface area (Å²) in [6, 6.07) is 26.6. The van der Waals surface area contributed by atoms with Crippen molar-refractivity contribution in [1.29, 1.82) is 0 Å². The van der Waals surface area contributed by atoms with Gasteiger partial charge < -0.3 is 15.3 Å². The van der Waals surface area contributed by atoms with E-state index >= 15 is 0 Å². The lowest BCUT2D eigenvalue weighted by molar-refractivity contribution is -0.142. The molecule has 3 aromatic carbocycles. The highest BCUT2D eigenvalue weighted by atomic mass is 16.4. The van der Waals surface area contributed by atoms with Crippen molar-refractivity contribution >= 4 is 23.5 Å². The number of carbonyl (C=O) groups is 3. The molecular formula is C33H38N2O4. The molecule has 0 saturated carbocycles. The average molecular weight is 527 g/mol. The van der Waals surface area contributed by atoms with Crippen LogP contribution in [0.2, 0.25) is 0 Å². The van der Waals surface area contributed by atoms with Crippen LogP contribution in [0, 0.1) is 18.8 Å². The molecule has 0 bridgehead atoms. The van der Waals surface area contributed by atoms with Gasteiger partial charge >= 0.3 is 5.97 Å². The van der Waals surface area contributed by atoms with Crippen LogP contribution in [0.4, 0.5) is 5.69 Å². The molecule has 0 aromatic heterocycles. The van der Waals surface area contributed by atoms with Gasteiger partial charge in [0.2, 0.25) is 11.8 Å². The van der Waals surface area contributed by atoms with Gasteiger partial charge in [-0.1, -0.05) is 78.9 Å². The zero-order valence-corrected chi connectivity index (χ0v) is 22.6. The van der Waals surface area contributed by atoms with E-state index in [1.54, 1.807) is 4.90 Å². The van der Waals surface area contributed by atoms with Gasteiger partial charge in [-0.25, -0.2) is 0 Å². The second-order valence-electron chi connectivity index (χ2n) is 10.5. The SMILES string of the molecule is Cc1ccccc1N1CCCCC(NC(=O)C(CCC(Cc2ccccc2)C(=O)O)Cc2ccccc2)C1=O. The van der Waals surface area contributed by atoms with Gasteiger partial charge in [-0.15, -0.1) is 0 Å². The van der Waals surface area contributed by atoms with E-state index in [1.807, 2.05) is 91.9 Å². The minimum absolute atomic E-state index is 0.0823. The second-order valence-corrected chi connectivity index (χ2v) is 10.5. The highest BCUT2D eigenvalue weighted by Crippen LogP contribution is 2.26. The van der Waals surface area contributed by atoms with Crippen molar-refractivity contribution in [2.24, 2.45) is 11.8 Å². The van der Waals surface area contributed by atoms with E-state index in [0.717, 1.165) is 35.2 Å². The molecule has 0 radical (unpaired) electrons. The number of para-hydroxylation sites is 1. The second kappa shape index (κ2) is 13.7. The molecule has 1 saturated heterocycles. The molecule has 2 amide bonds. The highest BCUT2D eigenvalue weighted by molar-refractivity contribution is 6.00. The number of anilines is 1. The van der Waals surface area contributed by atoms with Crippen LogP contribution in [0.5, 0.6) is 0 Å². The van der Waals surface area contributed by atoms with E-state index in [9.17, 15) is 19.5 Å². The molecule has 39 heavy (non-hydrogen) atoms. The molecule has 6 heteroatoms. The van der Waals surface area contributed by atoms with E-state index in [4.69, 9.17) is 0 Å². The van der Waals surface area contributed by atoms with E-state index in [-0.39, 0.29) is 11.8 Å². The molecule has 1 aliphatic rings. The molecule has 1 heterocycles. The molecule has 4 rings (SSSR count). The summed E-state index contributed by atoms with van der Waals surface area (Å²) in [4.78, 5) is 41.2. The summed E-state index contributed by atoms with van der Waals surface area (Å²) in [5.74, 6) is -2.15. The van der Waals surface area contributed by atoms with Crippen molar-refractivity contribution in [2.75, 3.05) is 11.4 Å². The number of hydrogen-bond acceptors (Lipinski definition) is 3. The van der Waals surface area contributed by atoms with Crippen LogP contribution in [-0.2, 0) is 27.2 Å². The molecule has 3 atom stereocenters. The van der Waals surface area contributed by atoms with Crippen molar-refractivity contribution in [2.45, 2.75) is 57.9 Å². The number of benzene rings is 3. The minimum Gasteiger partial charge on any atom is -0.481 e. The summed E-state index contributed by atoms with van der Waals surface area (Å²) in [5.41, 5.74) is 3.89. The molecule has 0 aliphatic carbocycles. The normalized spacial score (nSPS) is 17.2. The van der Waals surface area contributed by atoms with Crippen molar-refractivity contribution in [3.63, 3.8) is 0 Å². The Labute approximate surface area is 231 Å². The molecule has 3 aromatic rings. The first-order valence-electron chi connectivity index (χ1n) is 13.9. The average Bonchev–Trinajstić information content (AvgIpc) is 3.12. The van der Waals surface area contributed by atoms with E-state index < -0.39 is 23.8 Å². The molecule has 1 aliphatic heterocycles. The van der Waals surface area contributed by atoms with E-state index in [0.29, 0.717) is 38.6 Å². The highest BCUT2D eigenvalue weighted by Gasteiger charge is 2.32. The minimum atomic E-state index is -0.856. The molecule has 0 spiro atoms. The molecule has 2 N–H and O–H groups in total. The fraction of sp³-hybridized carbons (Fsp3) is 0.364. The third-order valence-electron chi connectivity index (χ3n) is 7.64. The van der Waals surface area contributed by atoms with E-state index in [1.165, 1.54) is 0 Å². The lowest BCUT2D eigenvalue weighted by Crippen LogP contribution is -2.49. The Morgan fingerprint density at radius 1 is 0.846 bits per heavy atom. The van der Waals surface area contributed by atoms with Gasteiger partial charge in [0.05, 0.1) is 5.92 Å². The summed E-state index contributed by atoms with van der Waals surface area (Å²) < 4.78 is 0. The molecule has 204 valence electrons. The number of rotatable bonds is 11. The number of aryl methyl sites for hydroxylation is 1. The van der Waals surface area contributed by atoms with Gasteiger partial charge in [0.15, 0.2) is 0 Å². The van der Waals surface area contributed by atoms with E-state index in [2.05, 4.69) is 5.32 Å². The lowest BCUT2D eigenvalue weighted by atomic mass is 9.87. The van der Waals surface area contributed by atoms with Crippen LogP contribution in [0.25, 0.3) is 0 Å². The predicted molar refractivity (Wildman–Crippen MR) is 153 cm³/mol. The van der Waals surface area contributed by atoms with Crippen molar-refractivity contribution < 1.29 is 19.5 Å². The fourth-order valence-electron chi connectivity index (χ4n) is 5.41. The zero-order chi connectivity index (χ0) is 27.6. The molecule has 3 unspecified atom stereocenters. The number of carboxylic acid groups (broad SMARTS) is 1. The van der Waals surface area contributed by atoms with Gasteiger partial charge in [0, 0.05) is 18.2 Å². The van der Waals surface area contributed by atoms with Crippen LogP contribution >= 0.6 is 0 Å². The number of aliphatic carboxylic acids is 1. The van der Waals surface area contributed by atoms with Crippen molar-refractivity contribution in [3.05, 3.63) is 102 Å². The summed E-state index contributed by atoms with van der Waals surface area (Å²) in [6.07, 6.45) is 4.03. The fourth-order valence-corrected chi connectivity index (χ4v) is 5.41. The quantitative estimate of drug-likeness (QED) is 0.342. The van der Waals surface area contributed by atoms with Gasteiger partial charge in [0.25, 0.3) is 0 Å². The van der Waals surface area contributed by atoms with Crippen LogP contribution in [0.3, 0.4) is 0 Å². The number of amides is 2. The summed E-state index contributed by atoms with van der Waals surface area (Å²) in [6.45, 7) is 2.62. The van der Waals surface area contributed by atoms with Crippen LogP contribution in [-0.4, -0.2) is 35.5 Å². The monoisotopic (exact) mass is 526 g/mol. The summed E-state index contributed by atoms with van der Waals surface area (Å²) in [5, 5.41) is 13.0. The Kier molecular flexibility index (Phi) is 9.90.